The van der Waals surface area contributed by atoms with Crippen molar-refractivity contribution in [3.8, 4) is 22.6 Å². The van der Waals surface area contributed by atoms with Gasteiger partial charge in [-0.05, 0) is 232 Å². The number of halogens is 4. The first-order valence-corrected chi connectivity index (χ1v) is 30.6. The van der Waals surface area contributed by atoms with Gasteiger partial charge in [-0.15, -0.1) is 0 Å². The van der Waals surface area contributed by atoms with Crippen LogP contribution in [0.4, 0.5) is 0 Å². The van der Waals surface area contributed by atoms with Crippen molar-refractivity contribution in [3.05, 3.63) is 85.1 Å². The largest absolute Gasteiger partial charge is 0.472 e. The topological polar surface area (TPSA) is 44.7 Å². The van der Waals surface area contributed by atoms with Gasteiger partial charge in [-0.25, -0.2) is 0 Å². The standard InChI is InChI=1S/C52H66I4O4P2/c1-5-9-19-35-27-37(21-11-7-3)49-43(28-35)44-29-36(20-10-6-2)30-47(55)52(44)60-62(58-49)59-50-38(22-12-8-4)31-39(53)32-45(50)46-33-40(54)34-48(56)51(46)57-61(41-23-15-13-16-24-41)42-25-17-14-18-26-42/h27-34,41-42H,5-26H2,1-4H3. The summed E-state index contributed by atoms with van der Waals surface area (Å²) in [6.45, 7) is 9.12. The molecule has 2 fully saturated rings. The van der Waals surface area contributed by atoms with Crippen LogP contribution in [0.3, 0.4) is 0 Å². The van der Waals surface area contributed by atoms with Crippen LogP contribution in [0.1, 0.15) is 166 Å². The Labute approximate surface area is 429 Å². The number of hydrogen-bond donors (Lipinski definition) is 0. The quantitative estimate of drug-likeness (QED) is 0.0610. The van der Waals surface area contributed by atoms with Crippen molar-refractivity contribution in [1.29, 1.82) is 0 Å². The summed E-state index contributed by atoms with van der Waals surface area (Å²) in [4.78, 5) is 0. The molecule has 0 saturated heterocycles. The third-order valence-corrected chi connectivity index (χ3v) is 19.6. The molecule has 62 heavy (non-hydrogen) atoms. The molecule has 336 valence electrons. The Bertz CT molecular complexity index is 2300. The van der Waals surface area contributed by atoms with Gasteiger partial charge in [-0.2, -0.15) is 0 Å². The molecule has 1 unspecified atom stereocenters. The number of hydrogen-bond acceptors (Lipinski definition) is 4. The Morgan fingerprint density at radius 1 is 0.532 bits per heavy atom. The van der Waals surface area contributed by atoms with E-state index in [1.165, 1.54) is 116 Å². The van der Waals surface area contributed by atoms with Crippen LogP contribution in [-0.4, -0.2) is 11.3 Å². The fourth-order valence-corrected chi connectivity index (χ4v) is 17.5. The minimum absolute atomic E-state index is 0.641. The van der Waals surface area contributed by atoms with Gasteiger partial charge in [0.1, 0.15) is 17.1 Å². The molecule has 4 nitrogen and oxygen atoms in total. The minimum Gasteiger partial charge on any atom is -0.472 e. The number of rotatable bonds is 19. The van der Waals surface area contributed by atoms with E-state index in [2.05, 4.69) is 167 Å². The van der Waals surface area contributed by atoms with Crippen LogP contribution < -0.4 is 9.05 Å². The Balaban J connectivity index is 1.45. The molecular formula is C52H66I4O4P2. The van der Waals surface area contributed by atoms with Crippen LogP contribution >= 0.6 is 107 Å². The highest BCUT2D eigenvalue weighted by Gasteiger charge is 2.35. The van der Waals surface area contributed by atoms with Crippen LogP contribution in [0, 0.1) is 14.3 Å². The lowest BCUT2D eigenvalue weighted by Crippen LogP contribution is -2.23. The third kappa shape index (κ3) is 12.6. The molecule has 0 aliphatic heterocycles. The molecule has 4 aromatic carbocycles. The van der Waals surface area contributed by atoms with Gasteiger partial charge >= 0.3 is 8.24 Å². The Kier molecular flexibility index (Phi) is 19.7. The van der Waals surface area contributed by atoms with Gasteiger partial charge in [0.25, 0.3) is 0 Å². The van der Waals surface area contributed by atoms with Gasteiger partial charge in [0.05, 0.1) is 15.3 Å². The number of fused-ring (bicyclic) bond motifs is 3. The molecular weight excluding hydrogens is 1260 g/mol. The Morgan fingerprint density at radius 2 is 1.03 bits per heavy atom. The molecule has 0 spiro atoms. The van der Waals surface area contributed by atoms with E-state index in [-0.39, 0.29) is 0 Å². The van der Waals surface area contributed by atoms with Crippen molar-refractivity contribution in [2.45, 2.75) is 180 Å². The zero-order valence-corrected chi connectivity index (χ0v) is 47.8. The molecule has 0 amide bonds. The molecule has 1 aromatic heterocycles. The predicted molar refractivity (Wildman–Crippen MR) is 301 cm³/mol. The monoisotopic (exact) mass is 1320 g/mol. The summed E-state index contributed by atoms with van der Waals surface area (Å²) in [7, 11) is -2.53. The summed E-state index contributed by atoms with van der Waals surface area (Å²) < 4.78 is 34.3. The van der Waals surface area contributed by atoms with Gasteiger partial charge in [0, 0.05) is 40.4 Å². The zero-order chi connectivity index (χ0) is 43.6. The highest BCUT2D eigenvalue weighted by molar-refractivity contribution is 14.1. The maximum absolute atomic E-state index is 7.67. The second kappa shape index (κ2) is 24.7. The smallest absolute Gasteiger partial charge is 0.453 e. The number of aryl methyl sites for hydroxylation is 4. The van der Waals surface area contributed by atoms with Gasteiger partial charge in [-0.3, -0.25) is 0 Å². The van der Waals surface area contributed by atoms with E-state index in [1.807, 2.05) is 0 Å². The zero-order valence-electron chi connectivity index (χ0n) is 37.4. The fourth-order valence-electron chi connectivity index (χ4n) is 9.48. The predicted octanol–water partition coefficient (Wildman–Crippen LogP) is 20.0. The summed E-state index contributed by atoms with van der Waals surface area (Å²) in [6.07, 6.45) is 26.3. The molecule has 5 aromatic rings. The van der Waals surface area contributed by atoms with Crippen LogP contribution in [0.25, 0.3) is 33.1 Å². The third-order valence-electron chi connectivity index (χ3n) is 12.8. The van der Waals surface area contributed by atoms with Crippen molar-refractivity contribution in [2.24, 2.45) is 0 Å². The van der Waals surface area contributed by atoms with Crippen molar-refractivity contribution in [1.82, 2.24) is 0 Å². The molecule has 7 rings (SSSR count). The van der Waals surface area contributed by atoms with Crippen molar-refractivity contribution in [3.63, 3.8) is 0 Å². The highest BCUT2D eigenvalue weighted by Crippen LogP contribution is 2.59. The second-order valence-corrected chi connectivity index (χ2v) is 25.9. The van der Waals surface area contributed by atoms with E-state index in [9.17, 15) is 0 Å². The molecule has 0 bridgehead atoms. The molecule has 2 saturated carbocycles. The SMILES string of the molecule is CCCCc1cc(I)c2op(Oc3c(CCCC)cc(I)cc3-c3cc(I)cc(I)c3OP(C3CCCCC3)C3CCCCC3)oc3c(CCCC)cc(CCCC)cc3c2c1. The second-order valence-electron chi connectivity index (χ2n) is 17.7. The van der Waals surface area contributed by atoms with Crippen LogP contribution in [0.15, 0.2) is 56.9 Å². The van der Waals surface area contributed by atoms with E-state index < -0.39 is 16.4 Å². The van der Waals surface area contributed by atoms with E-state index in [1.54, 1.807) is 0 Å². The number of unbranched alkanes of at least 4 members (excludes halogenated alkanes) is 4. The average Bonchev–Trinajstić information content (AvgIpc) is 3.43. The lowest BCUT2D eigenvalue weighted by atomic mass is 9.96. The van der Waals surface area contributed by atoms with Crippen LogP contribution in [0.2, 0.25) is 0 Å². The Hall–Kier alpha value is -0.270. The normalized spacial score (nSPS) is 15.5. The number of benzene rings is 4. The van der Waals surface area contributed by atoms with E-state index >= 15 is 0 Å². The van der Waals surface area contributed by atoms with Crippen molar-refractivity contribution < 1.29 is 17.4 Å². The first-order valence-electron chi connectivity index (χ1n) is 23.8. The molecule has 0 radical (unpaired) electrons. The lowest BCUT2D eigenvalue weighted by molar-refractivity contribution is 0.449. The molecule has 0 N–H and O–H groups in total. The summed E-state index contributed by atoms with van der Waals surface area (Å²) in [5, 5.41) is 2.29. The first kappa shape index (κ1) is 49.6. The van der Waals surface area contributed by atoms with E-state index in [0.717, 1.165) is 106 Å². The maximum atomic E-state index is 7.67. The van der Waals surface area contributed by atoms with E-state index in [4.69, 9.17) is 17.4 Å². The summed E-state index contributed by atoms with van der Waals surface area (Å²) >= 11 is 10.1. The highest BCUT2D eigenvalue weighted by atomic mass is 127. The minimum atomic E-state index is -1.89. The average molecular weight is 1320 g/mol. The Morgan fingerprint density at radius 3 is 1.63 bits per heavy atom. The van der Waals surface area contributed by atoms with Gasteiger partial charge in [0.15, 0.2) is 5.58 Å². The first-order chi connectivity index (χ1) is 30.2. The van der Waals surface area contributed by atoms with Gasteiger partial charge < -0.3 is 17.4 Å². The molecule has 10 heteroatoms. The van der Waals surface area contributed by atoms with Crippen molar-refractivity contribution >= 4 is 129 Å². The lowest BCUT2D eigenvalue weighted by Gasteiger charge is -2.38. The van der Waals surface area contributed by atoms with Gasteiger partial charge in [-0.1, -0.05) is 98.0 Å². The van der Waals surface area contributed by atoms with Gasteiger partial charge in [0.2, 0.25) is 0 Å². The molecule has 2 aliphatic rings. The summed E-state index contributed by atoms with van der Waals surface area (Å²) in [6, 6.07) is 18.8. The molecule has 1 heterocycles. The molecule has 2 aliphatic carbocycles. The van der Waals surface area contributed by atoms with Crippen LogP contribution in [-0.2, 0) is 25.7 Å². The van der Waals surface area contributed by atoms with Crippen molar-refractivity contribution in [2.75, 3.05) is 0 Å². The molecule has 1 atom stereocenters. The summed E-state index contributed by atoms with van der Waals surface area (Å²) in [5.74, 6) is 1.92. The fraction of sp³-hybridized carbons (Fsp3) is 0.538. The van der Waals surface area contributed by atoms with E-state index in [0.29, 0.717) is 11.3 Å². The van der Waals surface area contributed by atoms with Crippen LogP contribution in [0.5, 0.6) is 11.5 Å². The summed E-state index contributed by atoms with van der Waals surface area (Å²) in [5.41, 5.74) is 10.6. The maximum Gasteiger partial charge on any atom is 0.453 e.